The van der Waals surface area contributed by atoms with Gasteiger partial charge in [-0.15, -0.1) is 0 Å². The smallest absolute Gasteiger partial charge is 0.222 e. The van der Waals surface area contributed by atoms with Crippen molar-refractivity contribution in [3.05, 3.63) is 30.0 Å². The maximum Gasteiger partial charge on any atom is 0.222 e. The van der Waals surface area contributed by atoms with E-state index in [2.05, 4.69) is 20.4 Å². The van der Waals surface area contributed by atoms with Crippen molar-refractivity contribution in [3.63, 3.8) is 0 Å². The van der Waals surface area contributed by atoms with Gasteiger partial charge in [-0.2, -0.15) is 10.1 Å². The summed E-state index contributed by atoms with van der Waals surface area (Å²) < 4.78 is 14.9. The lowest BCUT2D eigenvalue weighted by molar-refractivity contribution is 0.617. The zero-order chi connectivity index (χ0) is 11.5. The van der Waals surface area contributed by atoms with E-state index in [0.717, 1.165) is 11.8 Å². The predicted octanol–water partition coefficient (Wildman–Crippen LogP) is 0.543. The van der Waals surface area contributed by atoms with Gasteiger partial charge in [0.2, 0.25) is 5.95 Å². The number of hydrogen-bond donors (Lipinski definition) is 2. The van der Waals surface area contributed by atoms with Crippen molar-refractivity contribution in [1.29, 1.82) is 0 Å². The van der Waals surface area contributed by atoms with E-state index < -0.39 is 5.82 Å². The van der Waals surface area contributed by atoms with Crippen LogP contribution in [0, 0.1) is 5.82 Å². The van der Waals surface area contributed by atoms with Crippen LogP contribution in [0.1, 0.15) is 5.56 Å². The summed E-state index contributed by atoms with van der Waals surface area (Å²) in [6.45, 7) is 0.432. The molecule has 2 aromatic rings. The topological polar surface area (TPSA) is 81.7 Å². The first kappa shape index (κ1) is 10.3. The predicted molar refractivity (Wildman–Crippen MR) is 56.9 cm³/mol. The second kappa shape index (κ2) is 4.13. The zero-order valence-corrected chi connectivity index (χ0v) is 8.68. The molecule has 0 aliphatic carbocycles. The summed E-state index contributed by atoms with van der Waals surface area (Å²) in [5, 5.41) is 6.82. The van der Waals surface area contributed by atoms with Gasteiger partial charge in [0.1, 0.15) is 0 Å². The maximum absolute atomic E-state index is 13.2. The Labute approximate surface area is 91.3 Å². The fourth-order valence-corrected chi connectivity index (χ4v) is 1.25. The van der Waals surface area contributed by atoms with Crippen LogP contribution in [0.5, 0.6) is 0 Å². The molecular formula is C9H11FN6. The molecule has 0 fully saturated rings. The third-order valence-corrected chi connectivity index (χ3v) is 1.98. The molecule has 2 heterocycles. The normalized spacial score (nSPS) is 10.4. The lowest BCUT2D eigenvalue weighted by atomic mass is 10.3. The van der Waals surface area contributed by atoms with E-state index in [4.69, 9.17) is 5.73 Å². The Morgan fingerprint density at radius 3 is 3.00 bits per heavy atom. The van der Waals surface area contributed by atoms with Crippen molar-refractivity contribution < 1.29 is 4.39 Å². The molecule has 0 saturated carbocycles. The van der Waals surface area contributed by atoms with Gasteiger partial charge < -0.3 is 11.1 Å². The Balaban J connectivity index is 2.07. The van der Waals surface area contributed by atoms with Gasteiger partial charge in [0.05, 0.1) is 12.4 Å². The molecule has 0 amide bonds. The highest BCUT2D eigenvalue weighted by Gasteiger charge is 2.05. The van der Waals surface area contributed by atoms with Crippen molar-refractivity contribution in [1.82, 2.24) is 19.7 Å². The van der Waals surface area contributed by atoms with E-state index in [1.165, 1.54) is 0 Å². The minimum atomic E-state index is -0.530. The highest BCUT2D eigenvalue weighted by molar-refractivity contribution is 5.39. The van der Waals surface area contributed by atoms with Crippen LogP contribution in [-0.2, 0) is 13.6 Å². The molecule has 7 heteroatoms. The average molecular weight is 222 g/mol. The number of rotatable bonds is 3. The number of anilines is 2. The van der Waals surface area contributed by atoms with Crippen LogP contribution >= 0.6 is 0 Å². The molecule has 0 bridgehead atoms. The van der Waals surface area contributed by atoms with Crippen LogP contribution in [0.25, 0.3) is 0 Å². The second-order valence-electron chi connectivity index (χ2n) is 3.30. The van der Waals surface area contributed by atoms with Gasteiger partial charge in [0, 0.05) is 25.4 Å². The minimum Gasteiger partial charge on any atom is -0.368 e. The summed E-state index contributed by atoms with van der Waals surface area (Å²) in [7, 11) is 1.81. The van der Waals surface area contributed by atoms with Gasteiger partial charge in [-0.1, -0.05) is 0 Å². The molecule has 0 aliphatic heterocycles. The van der Waals surface area contributed by atoms with E-state index in [9.17, 15) is 4.39 Å². The number of hydrogen-bond acceptors (Lipinski definition) is 5. The summed E-state index contributed by atoms with van der Waals surface area (Å²) in [5.74, 6) is -0.399. The van der Waals surface area contributed by atoms with Crippen molar-refractivity contribution in [2.24, 2.45) is 7.05 Å². The highest BCUT2D eigenvalue weighted by atomic mass is 19.1. The molecule has 0 aromatic carbocycles. The molecule has 0 spiro atoms. The summed E-state index contributed by atoms with van der Waals surface area (Å²) >= 11 is 0. The summed E-state index contributed by atoms with van der Waals surface area (Å²) in [6.07, 6.45) is 4.55. The number of nitrogen functional groups attached to an aromatic ring is 1. The third kappa shape index (κ3) is 2.25. The molecule has 16 heavy (non-hydrogen) atoms. The number of nitrogens with two attached hydrogens (primary N) is 1. The molecule has 0 aliphatic rings. The van der Waals surface area contributed by atoms with E-state index >= 15 is 0 Å². The molecule has 0 atom stereocenters. The summed E-state index contributed by atoms with van der Waals surface area (Å²) in [5.41, 5.74) is 6.28. The van der Waals surface area contributed by atoms with Crippen molar-refractivity contribution >= 4 is 11.8 Å². The minimum absolute atomic E-state index is 0.0371. The number of aromatic nitrogens is 4. The molecular weight excluding hydrogens is 211 g/mol. The molecule has 0 radical (unpaired) electrons. The number of nitrogens with zero attached hydrogens (tertiary/aromatic N) is 4. The average Bonchev–Trinajstić information content (AvgIpc) is 2.66. The van der Waals surface area contributed by atoms with Crippen LogP contribution in [-0.4, -0.2) is 19.7 Å². The molecule has 2 aromatic heterocycles. The number of nitrogens with one attached hydrogen (secondary N) is 1. The van der Waals surface area contributed by atoms with Crippen LogP contribution < -0.4 is 11.1 Å². The Morgan fingerprint density at radius 2 is 2.31 bits per heavy atom. The van der Waals surface area contributed by atoms with Crippen LogP contribution in [0.3, 0.4) is 0 Å². The number of aryl methyl sites for hydroxylation is 1. The molecule has 0 saturated heterocycles. The van der Waals surface area contributed by atoms with Gasteiger partial charge >= 0.3 is 0 Å². The fraction of sp³-hybridized carbons (Fsp3) is 0.222. The first-order valence-corrected chi connectivity index (χ1v) is 4.64. The van der Waals surface area contributed by atoms with Crippen LogP contribution in [0.15, 0.2) is 18.6 Å². The van der Waals surface area contributed by atoms with Gasteiger partial charge in [-0.25, -0.2) is 9.37 Å². The summed E-state index contributed by atoms with van der Waals surface area (Å²) in [4.78, 5) is 7.28. The van der Waals surface area contributed by atoms with Gasteiger partial charge in [-0.05, 0) is 0 Å². The van der Waals surface area contributed by atoms with Crippen LogP contribution in [0.2, 0.25) is 0 Å². The van der Waals surface area contributed by atoms with Crippen LogP contribution in [0.4, 0.5) is 16.2 Å². The number of halogens is 1. The van der Waals surface area contributed by atoms with Crippen molar-refractivity contribution in [2.75, 3.05) is 11.1 Å². The Bertz CT molecular complexity index is 494. The highest BCUT2D eigenvalue weighted by Crippen LogP contribution is 2.11. The first-order valence-electron chi connectivity index (χ1n) is 4.64. The maximum atomic E-state index is 13.2. The zero-order valence-electron chi connectivity index (χ0n) is 8.68. The molecule has 3 N–H and O–H groups in total. The Morgan fingerprint density at radius 1 is 1.50 bits per heavy atom. The standard InChI is InChI=1S/C9H11FN6/c1-16-5-6(3-14-16)2-12-8-7(10)4-13-9(11)15-8/h3-5H,2H2,1H3,(H3,11,12,13,15). The molecule has 6 nitrogen and oxygen atoms in total. The van der Waals surface area contributed by atoms with Gasteiger partial charge in [0.15, 0.2) is 11.6 Å². The lowest BCUT2D eigenvalue weighted by Gasteiger charge is -2.04. The second-order valence-corrected chi connectivity index (χ2v) is 3.30. The SMILES string of the molecule is Cn1cc(CNc2nc(N)ncc2F)cn1. The Hall–Kier alpha value is -2.18. The third-order valence-electron chi connectivity index (χ3n) is 1.98. The van der Waals surface area contributed by atoms with Gasteiger partial charge in [0.25, 0.3) is 0 Å². The molecule has 2 rings (SSSR count). The molecule has 84 valence electrons. The van der Waals surface area contributed by atoms with E-state index in [1.54, 1.807) is 10.9 Å². The Kier molecular flexibility index (Phi) is 2.67. The quantitative estimate of drug-likeness (QED) is 0.792. The first-order chi connectivity index (χ1) is 7.65. The van der Waals surface area contributed by atoms with E-state index in [1.807, 2.05) is 13.2 Å². The van der Waals surface area contributed by atoms with E-state index in [-0.39, 0.29) is 11.8 Å². The lowest BCUT2D eigenvalue weighted by Crippen LogP contribution is -2.06. The largest absolute Gasteiger partial charge is 0.368 e. The van der Waals surface area contributed by atoms with E-state index in [0.29, 0.717) is 6.54 Å². The monoisotopic (exact) mass is 222 g/mol. The van der Waals surface area contributed by atoms with Gasteiger partial charge in [-0.3, -0.25) is 4.68 Å². The summed E-state index contributed by atoms with van der Waals surface area (Å²) in [6, 6.07) is 0. The molecule has 0 unspecified atom stereocenters. The van der Waals surface area contributed by atoms with Crippen molar-refractivity contribution in [2.45, 2.75) is 6.54 Å². The fourth-order valence-electron chi connectivity index (χ4n) is 1.25. The van der Waals surface area contributed by atoms with Crippen molar-refractivity contribution in [3.8, 4) is 0 Å².